The van der Waals surface area contributed by atoms with Crippen molar-refractivity contribution in [3.63, 3.8) is 0 Å². The highest BCUT2D eigenvalue weighted by Crippen LogP contribution is 2.37. The first-order valence-electron chi connectivity index (χ1n) is 6.01. The minimum Gasteiger partial charge on any atom is -0.329 e. The van der Waals surface area contributed by atoms with Crippen LogP contribution in [0.1, 0.15) is 12.8 Å². The fraction of sp³-hybridized carbons (Fsp3) is 0.500. The number of nitrogens with zero attached hydrogens (tertiary/aromatic N) is 1. The van der Waals surface area contributed by atoms with Gasteiger partial charge in [-0.25, -0.2) is 12.8 Å². The molecule has 19 heavy (non-hydrogen) atoms. The van der Waals surface area contributed by atoms with Gasteiger partial charge in [0.1, 0.15) is 5.82 Å². The van der Waals surface area contributed by atoms with Crippen LogP contribution in [-0.2, 0) is 10.0 Å². The summed E-state index contributed by atoms with van der Waals surface area (Å²) in [6.07, 6.45) is 2.01. The van der Waals surface area contributed by atoms with Crippen LogP contribution in [0.5, 0.6) is 0 Å². The van der Waals surface area contributed by atoms with Crippen LogP contribution in [0.4, 0.5) is 4.39 Å². The quantitative estimate of drug-likeness (QED) is 0.882. The van der Waals surface area contributed by atoms with E-state index in [1.165, 1.54) is 17.4 Å². The summed E-state index contributed by atoms with van der Waals surface area (Å²) in [4.78, 5) is 0.0653. The zero-order valence-corrected chi connectivity index (χ0v) is 12.9. The second-order valence-corrected chi connectivity index (χ2v) is 7.56. The summed E-state index contributed by atoms with van der Waals surface area (Å²) >= 11 is 3.10. The summed E-state index contributed by atoms with van der Waals surface area (Å²) in [5.74, 6) is -0.143. The Labute approximate surface area is 121 Å². The molecule has 1 aliphatic carbocycles. The van der Waals surface area contributed by atoms with E-state index in [-0.39, 0.29) is 15.4 Å². The number of nitrogens with two attached hydrogens (primary N) is 1. The largest absolute Gasteiger partial charge is 0.329 e. The fourth-order valence-electron chi connectivity index (χ4n) is 2.14. The molecular weight excluding hydrogens is 335 g/mol. The molecule has 0 aromatic heterocycles. The lowest BCUT2D eigenvalue weighted by Gasteiger charge is -2.26. The van der Waals surface area contributed by atoms with Crippen molar-refractivity contribution >= 4 is 26.0 Å². The molecule has 0 saturated heterocycles. The molecule has 7 heteroatoms. The highest BCUT2D eigenvalue weighted by Gasteiger charge is 2.38. The Bertz CT molecular complexity index is 575. The molecule has 0 amide bonds. The number of hydrogen-bond donors (Lipinski definition) is 1. The number of sulfonamides is 1. The number of halogens is 2. The summed E-state index contributed by atoms with van der Waals surface area (Å²) in [6, 6.07) is 3.36. The first-order valence-corrected chi connectivity index (χ1v) is 8.24. The van der Waals surface area contributed by atoms with Gasteiger partial charge < -0.3 is 5.73 Å². The molecule has 1 aliphatic rings. The van der Waals surface area contributed by atoms with Gasteiger partial charge in [0.2, 0.25) is 10.0 Å². The van der Waals surface area contributed by atoms with E-state index in [0.29, 0.717) is 12.5 Å². The molecule has 0 aliphatic heterocycles. The molecule has 1 fully saturated rings. The lowest BCUT2D eigenvalue weighted by Crippen LogP contribution is -2.43. The van der Waals surface area contributed by atoms with Crippen LogP contribution in [0, 0.1) is 11.7 Å². The molecule has 1 aromatic rings. The van der Waals surface area contributed by atoms with Crippen LogP contribution >= 0.6 is 15.9 Å². The maximum absolute atomic E-state index is 13.0. The summed E-state index contributed by atoms with van der Waals surface area (Å²) in [5.41, 5.74) is 5.67. The molecule has 0 heterocycles. The summed E-state index contributed by atoms with van der Waals surface area (Å²) in [5, 5.41) is 0. The second-order valence-electron chi connectivity index (χ2n) is 4.74. The SMILES string of the molecule is CN(C(CN)C1CC1)S(=O)(=O)c1ccc(F)cc1Br. The van der Waals surface area contributed by atoms with Gasteiger partial charge in [-0.1, -0.05) is 0 Å². The first kappa shape index (κ1) is 14.9. The lowest BCUT2D eigenvalue weighted by molar-refractivity contribution is 0.340. The first-order chi connectivity index (χ1) is 8.87. The Morgan fingerprint density at radius 1 is 1.53 bits per heavy atom. The van der Waals surface area contributed by atoms with E-state index >= 15 is 0 Å². The standard InChI is InChI=1S/C12H16BrFN2O2S/c1-16(11(7-15)8-2-3-8)19(17,18)12-5-4-9(14)6-10(12)13/h4-6,8,11H,2-3,7,15H2,1H3. The van der Waals surface area contributed by atoms with E-state index in [1.54, 1.807) is 0 Å². The van der Waals surface area contributed by atoms with Gasteiger partial charge in [0.15, 0.2) is 0 Å². The van der Waals surface area contributed by atoms with E-state index < -0.39 is 15.8 Å². The smallest absolute Gasteiger partial charge is 0.244 e. The normalized spacial score (nSPS) is 17.7. The molecule has 106 valence electrons. The summed E-state index contributed by atoms with van der Waals surface area (Å²) in [6.45, 7) is 0.291. The van der Waals surface area contributed by atoms with Crippen molar-refractivity contribution in [3.8, 4) is 0 Å². The highest BCUT2D eigenvalue weighted by atomic mass is 79.9. The summed E-state index contributed by atoms with van der Waals surface area (Å²) in [7, 11) is -2.13. The third-order valence-corrected chi connectivity index (χ3v) is 6.29. The third-order valence-electron chi connectivity index (χ3n) is 3.43. The van der Waals surface area contributed by atoms with E-state index in [4.69, 9.17) is 5.73 Å². The molecule has 2 rings (SSSR count). The minimum atomic E-state index is -3.66. The molecule has 1 aromatic carbocycles. The Balaban J connectivity index is 2.35. The van der Waals surface area contributed by atoms with Crippen molar-refractivity contribution < 1.29 is 12.8 Å². The van der Waals surface area contributed by atoms with Gasteiger partial charge in [0.05, 0.1) is 4.90 Å². The monoisotopic (exact) mass is 350 g/mol. The van der Waals surface area contributed by atoms with Gasteiger partial charge in [-0.2, -0.15) is 4.31 Å². The van der Waals surface area contributed by atoms with Gasteiger partial charge in [0, 0.05) is 24.1 Å². The predicted molar refractivity (Wildman–Crippen MR) is 74.6 cm³/mol. The Morgan fingerprint density at radius 3 is 2.63 bits per heavy atom. The zero-order valence-electron chi connectivity index (χ0n) is 10.5. The maximum atomic E-state index is 13.0. The van der Waals surface area contributed by atoms with Crippen LogP contribution in [-0.4, -0.2) is 32.4 Å². The molecule has 1 atom stereocenters. The average Bonchev–Trinajstić information content (AvgIpc) is 3.13. The van der Waals surface area contributed by atoms with Gasteiger partial charge in [-0.05, 0) is 52.9 Å². The van der Waals surface area contributed by atoms with Crippen molar-refractivity contribution in [1.29, 1.82) is 0 Å². The molecular formula is C12H16BrFN2O2S. The van der Waals surface area contributed by atoms with Crippen molar-refractivity contribution in [1.82, 2.24) is 4.31 Å². The highest BCUT2D eigenvalue weighted by molar-refractivity contribution is 9.10. The van der Waals surface area contributed by atoms with E-state index in [9.17, 15) is 12.8 Å². The second kappa shape index (κ2) is 5.47. The molecule has 2 N–H and O–H groups in total. The van der Waals surface area contributed by atoms with Crippen LogP contribution < -0.4 is 5.73 Å². The van der Waals surface area contributed by atoms with Crippen molar-refractivity contribution in [2.24, 2.45) is 11.7 Å². The zero-order chi connectivity index (χ0) is 14.2. The van der Waals surface area contributed by atoms with Crippen molar-refractivity contribution in [2.75, 3.05) is 13.6 Å². The third kappa shape index (κ3) is 2.99. The maximum Gasteiger partial charge on any atom is 0.244 e. The number of rotatable bonds is 5. The van der Waals surface area contributed by atoms with Crippen LogP contribution in [0.3, 0.4) is 0 Å². The number of benzene rings is 1. The minimum absolute atomic E-state index is 0.0653. The number of likely N-dealkylation sites (N-methyl/N-ethyl adjacent to an activating group) is 1. The average molecular weight is 351 g/mol. The summed E-state index contributed by atoms with van der Waals surface area (Å²) < 4.78 is 39.6. The van der Waals surface area contributed by atoms with E-state index in [2.05, 4.69) is 15.9 Å². The van der Waals surface area contributed by atoms with Crippen LogP contribution in [0.2, 0.25) is 0 Å². The molecule has 0 spiro atoms. The number of hydrogen-bond acceptors (Lipinski definition) is 3. The lowest BCUT2D eigenvalue weighted by atomic mass is 10.2. The van der Waals surface area contributed by atoms with Gasteiger partial charge in [0.25, 0.3) is 0 Å². The molecule has 1 unspecified atom stereocenters. The molecule has 1 saturated carbocycles. The Morgan fingerprint density at radius 2 is 2.16 bits per heavy atom. The van der Waals surface area contributed by atoms with Gasteiger partial charge in [-0.3, -0.25) is 0 Å². The predicted octanol–water partition coefficient (Wildman–Crippen LogP) is 1.95. The molecule has 4 nitrogen and oxygen atoms in total. The van der Waals surface area contributed by atoms with E-state index in [1.807, 2.05) is 0 Å². The van der Waals surface area contributed by atoms with Crippen molar-refractivity contribution in [3.05, 3.63) is 28.5 Å². The van der Waals surface area contributed by atoms with Crippen molar-refractivity contribution in [2.45, 2.75) is 23.8 Å². The molecule has 0 bridgehead atoms. The topological polar surface area (TPSA) is 63.4 Å². The Hall–Kier alpha value is -0.500. The van der Waals surface area contributed by atoms with Gasteiger partial charge >= 0.3 is 0 Å². The Kier molecular flexibility index (Phi) is 4.29. The van der Waals surface area contributed by atoms with Crippen LogP contribution in [0.25, 0.3) is 0 Å². The van der Waals surface area contributed by atoms with Gasteiger partial charge in [-0.15, -0.1) is 0 Å². The van der Waals surface area contributed by atoms with E-state index in [0.717, 1.165) is 25.0 Å². The molecule has 0 radical (unpaired) electrons. The fourth-order valence-corrected chi connectivity index (χ4v) is 4.57. The van der Waals surface area contributed by atoms with Crippen LogP contribution in [0.15, 0.2) is 27.6 Å².